The van der Waals surface area contributed by atoms with Crippen LogP contribution in [-0.2, 0) is 32.7 Å². The molecule has 2 unspecified atom stereocenters. The molecule has 1 aliphatic rings. The van der Waals surface area contributed by atoms with Gasteiger partial charge in [-0.3, -0.25) is 4.99 Å². The summed E-state index contributed by atoms with van der Waals surface area (Å²) >= 11 is 0. The minimum absolute atomic E-state index is 0. The van der Waals surface area contributed by atoms with Crippen LogP contribution in [0.5, 0.6) is 0 Å². The number of hydrogen-bond acceptors (Lipinski definition) is 2. The fourth-order valence-electron chi connectivity index (χ4n) is 2.23. The third kappa shape index (κ3) is 7.11. The molecule has 1 saturated heterocycles. The number of nitrogens with two attached hydrogens (primary N) is 1. The molecule has 6 heteroatoms. The fourth-order valence-corrected chi connectivity index (χ4v) is 2.23. The van der Waals surface area contributed by atoms with Crippen molar-refractivity contribution in [2.75, 3.05) is 7.05 Å². The van der Waals surface area contributed by atoms with Crippen LogP contribution in [0.4, 0.5) is 10.1 Å². The van der Waals surface area contributed by atoms with Gasteiger partial charge >= 0.3 is 0 Å². The van der Waals surface area contributed by atoms with E-state index < -0.39 is 5.83 Å². The summed E-state index contributed by atoms with van der Waals surface area (Å²) in [6, 6.07) is 6.30. The SMILES string of the molecule is CCC1CC(C)[N-]1.CN=C/C(F)=C(\N)c1cc([NH-])ccc1C.[Y]. The maximum Gasteiger partial charge on any atom is 0.164 e. The molecule has 0 aliphatic carbocycles. The molecule has 1 aromatic carbocycles. The van der Waals surface area contributed by atoms with E-state index in [9.17, 15) is 4.39 Å². The van der Waals surface area contributed by atoms with Crippen LogP contribution in [0.1, 0.15) is 37.8 Å². The molecular weight excluding hydrogens is 368 g/mol. The first-order valence-electron chi connectivity index (χ1n) is 7.49. The molecule has 3 N–H and O–H groups in total. The number of halogens is 1. The van der Waals surface area contributed by atoms with E-state index in [1.165, 1.54) is 26.0 Å². The number of allylic oxidation sites excluding steroid dienone is 1. The largest absolute Gasteiger partial charge is 0.699 e. The topological polar surface area (TPSA) is 76.3 Å². The van der Waals surface area contributed by atoms with E-state index in [-0.39, 0.29) is 38.4 Å². The Morgan fingerprint density at radius 3 is 2.57 bits per heavy atom. The van der Waals surface area contributed by atoms with Crippen molar-refractivity contribution in [1.82, 2.24) is 0 Å². The average Bonchev–Trinajstić information content (AvgIpc) is 2.46. The van der Waals surface area contributed by atoms with Gasteiger partial charge in [-0.1, -0.05) is 44.9 Å². The number of nitrogens with one attached hydrogen (secondary N) is 1. The molecule has 0 saturated carbocycles. The van der Waals surface area contributed by atoms with E-state index in [0.717, 1.165) is 17.8 Å². The summed E-state index contributed by atoms with van der Waals surface area (Å²) in [4.78, 5) is 3.55. The molecular formula is C17H25FN4Y-2. The van der Waals surface area contributed by atoms with Gasteiger partial charge in [-0.15, -0.1) is 17.8 Å². The molecule has 0 bridgehead atoms. The van der Waals surface area contributed by atoms with Crippen LogP contribution >= 0.6 is 0 Å². The fraction of sp³-hybridized carbons (Fsp3) is 0.471. The maximum absolute atomic E-state index is 13.3. The molecule has 1 aliphatic heterocycles. The molecule has 1 fully saturated rings. The Morgan fingerprint density at radius 2 is 2.13 bits per heavy atom. The van der Waals surface area contributed by atoms with E-state index in [1.807, 2.05) is 6.92 Å². The second-order valence-corrected chi connectivity index (χ2v) is 5.47. The second kappa shape index (κ2) is 10.9. The van der Waals surface area contributed by atoms with Crippen molar-refractivity contribution in [3.05, 3.63) is 46.2 Å². The van der Waals surface area contributed by atoms with Crippen molar-refractivity contribution >= 4 is 17.6 Å². The Hall–Kier alpha value is -0.776. The molecule has 2 atom stereocenters. The molecule has 0 aromatic heterocycles. The third-order valence-corrected chi connectivity index (χ3v) is 3.58. The summed E-state index contributed by atoms with van der Waals surface area (Å²) in [5, 5.41) is 4.34. The van der Waals surface area contributed by atoms with E-state index in [4.69, 9.17) is 11.5 Å². The molecule has 0 amide bonds. The van der Waals surface area contributed by atoms with Crippen LogP contribution < -0.4 is 5.73 Å². The molecule has 125 valence electrons. The van der Waals surface area contributed by atoms with E-state index in [1.54, 1.807) is 12.1 Å². The van der Waals surface area contributed by atoms with Gasteiger partial charge in [0.25, 0.3) is 0 Å². The predicted octanol–water partition coefficient (Wildman–Crippen LogP) is 4.90. The van der Waals surface area contributed by atoms with Gasteiger partial charge in [0.15, 0.2) is 5.83 Å². The van der Waals surface area contributed by atoms with Gasteiger partial charge in [-0.25, -0.2) is 4.39 Å². The summed E-state index contributed by atoms with van der Waals surface area (Å²) in [5.74, 6) is -0.578. The number of benzene rings is 1. The zero-order chi connectivity index (χ0) is 16.7. The molecule has 0 spiro atoms. The average molecular weight is 393 g/mol. The van der Waals surface area contributed by atoms with Crippen LogP contribution in [0, 0.1) is 6.92 Å². The normalized spacial score (nSPS) is 20.7. The van der Waals surface area contributed by atoms with E-state index >= 15 is 0 Å². The number of aryl methyl sites for hydroxylation is 1. The minimum atomic E-state index is -0.578. The first-order chi connectivity index (χ1) is 10.4. The van der Waals surface area contributed by atoms with Crippen LogP contribution in [0.3, 0.4) is 0 Å². The zero-order valence-electron chi connectivity index (χ0n) is 14.3. The van der Waals surface area contributed by atoms with Crippen LogP contribution in [-0.4, -0.2) is 25.3 Å². The Kier molecular flexibility index (Phi) is 10.5. The summed E-state index contributed by atoms with van der Waals surface area (Å²) in [6.45, 7) is 6.18. The Morgan fingerprint density at radius 1 is 1.52 bits per heavy atom. The predicted molar refractivity (Wildman–Crippen MR) is 93.3 cm³/mol. The van der Waals surface area contributed by atoms with Gasteiger partial charge in [0, 0.05) is 45.3 Å². The van der Waals surface area contributed by atoms with Crippen LogP contribution in [0.25, 0.3) is 16.7 Å². The number of nitrogens with zero attached hydrogens (tertiary/aromatic N) is 2. The second-order valence-electron chi connectivity index (χ2n) is 5.47. The minimum Gasteiger partial charge on any atom is -0.699 e. The quantitative estimate of drug-likeness (QED) is 0.729. The number of rotatable bonds is 3. The first-order valence-corrected chi connectivity index (χ1v) is 7.49. The monoisotopic (exact) mass is 393 g/mol. The van der Waals surface area contributed by atoms with Gasteiger partial charge in [-0.05, 0) is 12.5 Å². The molecule has 23 heavy (non-hydrogen) atoms. The van der Waals surface area contributed by atoms with Crippen molar-refractivity contribution < 1.29 is 37.1 Å². The van der Waals surface area contributed by atoms with Crippen LogP contribution in [0.15, 0.2) is 29.0 Å². The summed E-state index contributed by atoms with van der Waals surface area (Å²) in [5.41, 5.74) is 14.8. The molecule has 2 rings (SSSR count). The molecule has 1 aromatic rings. The van der Waals surface area contributed by atoms with Gasteiger partial charge in [0.1, 0.15) is 0 Å². The van der Waals surface area contributed by atoms with Gasteiger partial charge in [-0.2, -0.15) is 0 Å². The van der Waals surface area contributed by atoms with Crippen molar-refractivity contribution in [1.29, 1.82) is 0 Å². The van der Waals surface area contributed by atoms with Gasteiger partial charge in [0.2, 0.25) is 0 Å². The van der Waals surface area contributed by atoms with Crippen molar-refractivity contribution in [3.63, 3.8) is 0 Å². The van der Waals surface area contributed by atoms with Crippen LogP contribution in [0.2, 0.25) is 0 Å². The summed E-state index contributed by atoms with van der Waals surface area (Å²) in [7, 11) is 1.47. The third-order valence-electron chi connectivity index (χ3n) is 3.58. The van der Waals surface area contributed by atoms with E-state index in [2.05, 4.69) is 24.2 Å². The smallest absolute Gasteiger partial charge is 0.164 e. The zero-order valence-corrected chi connectivity index (χ0v) is 17.1. The molecule has 4 nitrogen and oxygen atoms in total. The summed E-state index contributed by atoms with van der Waals surface area (Å²) in [6.07, 6.45) is 3.63. The summed E-state index contributed by atoms with van der Waals surface area (Å²) < 4.78 is 13.3. The van der Waals surface area contributed by atoms with E-state index in [0.29, 0.717) is 17.3 Å². The maximum atomic E-state index is 13.3. The Bertz CT molecular complexity index is 552. The molecule has 1 radical (unpaired) electrons. The first kappa shape index (κ1) is 22.2. The molecule has 1 heterocycles. The van der Waals surface area contributed by atoms with Crippen molar-refractivity contribution in [2.24, 2.45) is 10.7 Å². The number of aliphatic imine (C=N–C) groups is 1. The Balaban J connectivity index is 0.000000509. The van der Waals surface area contributed by atoms with Gasteiger partial charge < -0.3 is 16.8 Å². The van der Waals surface area contributed by atoms with Gasteiger partial charge in [0.05, 0.1) is 11.9 Å². The Labute approximate surface area is 163 Å². The van der Waals surface area contributed by atoms with Crippen molar-refractivity contribution in [2.45, 2.75) is 45.7 Å². The van der Waals surface area contributed by atoms with Crippen molar-refractivity contribution in [3.8, 4) is 0 Å². The standard InChI is InChI=1S/C11H13FN3.C6H12N.Y/c1-7-3-4-8(13)5-9(7)11(14)10(12)6-15-2;1-3-6-4-5(2)7-6;/h3-6,13H,14H2,1-2H3;5-6H,3-4H2,1-2H3;/q2*-1;/b11-10+,15-6?;;. The number of hydrogen-bond donors (Lipinski definition) is 1.